The molecule has 1 aliphatic heterocycles. The first-order valence-electron chi connectivity index (χ1n) is 27.0. The summed E-state index contributed by atoms with van der Waals surface area (Å²) in [4.78, 5) is 2.61. The zero-order chi connectivity index (χ0) is 50.1. The minimum atomic E-state index is -0.745. The van der Waals surface area contributed by atoms with Crippen molar-refractivity contribution in [1.29, 1.82) is 0 Å². The van der Waals surface area contributed by atoms with Crippen LogP contribution in [-0.2, 0) is 5.41 Å². The molecule has 0 bridgehead atoms. The maximum Gasteiger partial charge on any atom is 0.0728 e. The lowest BCUT2D eigenvalue weighted by atomic mass is 9.70. The summed E-state index contributed by atoms with van der Waals surface area (Å²) in [6, 6.07) is 92.1. The third-order valence-electron chi connectivity index (χ3n) is 18.0. The number of para-hydroxylation sites is 7. The van der Waals surface area contributed by atoms with E-state index in [0.717, 1.165) is 17.1 Å². The van der Waals surface area contributed by atoms with E-state index in [1.165, 1.54) is 127 Å². The fraction of sp³-hybridized carbons (Fsp3) is 0.0411. The minimum Gasteiger partial charge on any atom is -0.333 e. The molecule has 1 spiro atoms. The highest BCUT2D eigenvalue weighted by Gasteiger charge is 2.53. The van der Waals surface area contributed by atoms with Crippen molar-refractivity contribution < 1.29 is 0 Å². The Morgan fingerprint density at radius 3 is 0.987 bits per heavy atom. The largest absolute Gasteiger partial charge is 0.333 e. The zero-order valence-corrected chi connectivity index (χ0v) is 41.8. The topological polar surface area (TPSA) is 18.0 Å². The summed E-state index contributed by atoms with van der Waals surface area (Å²) in [6.45, 7) is 0. The number of aromatic nitrogens is 3. The van der Waals surface area contributed by atoms with Crippen LogP contribution < -0.4 is 4.90 Å². The second-order valence-corrected chi connectivity index (χ2v) is 21.5. The van der Waals surface area contributed by atoms with E-state index >= 15 is 0 Å². The summed E-state index contributed by atoms with van der Waals surface area (Å²) in [6.07, 6.45) is 9.24. The van der Waals surface area contributed by atoms with Crippen molar-refractivity contribution in [1.82, 2.24) is 13.7 Å². The first-order chi connectivity index (χ1) is 38.2. The van der Waals surface area contributed by atoms with Crippen molar-refractivity contribution in [3.05, 3.63) is 295 Å². The molecule has 18 rings (SSSR count). The predicted octanol–water partition coefficient (Wildman–Crippen LogP) is 18.1. The summed E-state index contributed by atoms with van der Waals surface area (Å²) in [5, 5.41) is 7.53. The van der Waals surface area contributed by atoms with Gasteiger partial charge in [0.2, 0.25) is 0 Å². The maximum absolute atomic E-state index is 2.61. The summed E-state index contributed by atoms with van der Waals surface area (Å²) in [5.74, 6) is 0.264. The van der Waals surface area contributed by atoms with Gasteiger partial charge in [0.05, 0.1) is 44.6 Å². The molecule has 11 aromatic carbocycles. The van der Waals surface area contributed by atoms with Crippen molar-refractivity contribution in [2.45, 2.75) is 17.4 Å². The van der Waals surface area contributed by atoms with Gasteiger partial charge in [-0.15, -0.1) is 0 Å². The Labute approximate surface area is 444 Å². The van der Waals surface area contributed by atoms with Crippen molar-refractivity contribution in [3.8, 4) is 39.3 Å². The van der Waals surface area contributed by atoms with Crippen molar-refractivity contribution in [3.63, 3.8) is 0 Å². The Balaban J connectivity index is 0.979. The molecule has 4 heterocycles. The molecule has 0 saturated heterocycles. The molecular formula is C73H46N4. The van der Waals surface area contributed by atoms with Gasteiger partial charge < -0.3 is 18.6 Å². The van der Waals surface area contributed by atoms with Gasteiger partial charge in [0, 0.05) is 66.7 Å². The summed E-state index contributed by atoms with van der Waals surface area (Å²) >= 11 is 0. The van der Waals surface area contributed by atoms with Crippen LogP contribution in [0.25, 0.3) is 105 Å². The van der Waals surface area contributed by atoms with Crippen LogP contribution in [0.15, 0.2) is 267 Å². The van der Waals surface area contributed by atoms with Crippen LogP contribution in [0, 0.1) is 0 Å². The number of anilines is 2. The minimum absolute atomic E-state index is 0.157. The second-order valence-electron chi connectivity index (χ2n) is 21.5. The van der Waals surface area contributed by atoms with Gasteiger partial charge in [0.1, 0.15) is 0 Å². The summed E-state index contributed by atoms with van der Waals surface area (Å²) < 4.78 is 7.49. The van der Waals surface area contributed by atoms with E-state index < -0.39 is 5.41 Å². The van der Waals surface area contributed by atoms with Gasteiger partial charge in [-0.1, -0.05) is 176 Å². The van der Waals surface area contributed by atoms with Gasteiger partial charge in [-0.2, -0.15) is 0 Å². The van der Waals surface area contributed by atoms with Crippen LogP contribution >= 0.6 is 0 Å². The van der Waals surface area contributed by atoms with Gasteiger partial charge in [0.15, 0.2) is 0 Å². The molecule has 0 amide bonds. The molecule has 0 fully saturated rings. The Kier molecular flexibility index (Phi) is 8.14. The highest BCUT2D eigenvalue weighted by Crippen LogP contribution is 2.65. The first-order valence-corrected chi connectivity index (χ1v) is 27.0. The van der Waals surface area contributed by atoms with E-state index in [4.69, 9.17) is 0 Å². The molecule has 2 atom stereocenters. The van der Waals surface area contributed by atoms with E-state index in [1.807, 2.05) is 0 Å². The van der Waals surface area contributed by atoms with Gasteiger partial charge >= 0.3 is 0 Å². The summed E-state index contributed by atoms with van der Waals surface area (Å²) in [5.41, 5.74) is 24.0. The average Bonchev–Trinajstić information content (AvgIpc) is 4.34. The molecule has 14 aromatic rings. The number of fused-ring (bicyclic) bond motifs is 22. The van der Waals surface area contributed by atoms with Crippen LogP contribution in [0.2, 0.25) is 0 Å². The average molecular weight is 979 g/mol. The standard InChI is InChI=1S/C73H46N4/c1-9-25-65-53(17-1)54-18-2-10-26-66(54)74(65)45-33-37-49-50-38-34-46(75-67-27-11-3-19-55(67)56-20-4-12-28-68(56)75)42-62(50)73(61(49)41-45)63-43-47(76-69-29-13-5-21-57(69)58-22-6-14-30-70(58)76)35-39-51(63)52-40-36-48(44-64(52)73)77-71-31-15-7-23-59(71)60-24-8-16-32-72(60)77/h1-44,53,65H. The third-order valence-corrected chi connectivity index (χ3v) is 18.0. The van der Waals surface area contributed by atoms with Crippen LogP contribution in [0.3, 0.4) is 0 Å². The molecule has 77 heavy (non-hydrogen) atoms. The molecule has 0 N–H and O–H groups in total. The monoisotopic (exact) mass is 978 g/mol. The Morgan fingerprint density at radius 1 is 0.286 bits per heavy atom. The number of rotatable bonds is 4. The molecule has 4 nitrogen and oxygen atoms in total. The number of allylic oxidation sites excluding steroid dienone is 2. The summed E-state index contributed by atoms with van der Waals surface area (Å²) in [7, 11) is 0. The SMILES string of the molecule is C1=CC2c3ccccc3N(c3ccc4c(c3)C3(c5cc(-n6c7ccccc7c7ccccc76)ccc5-4)c4cc(-n5c6ccccc6c6ccccc65)ccc4-c4ccc(-n5c6ccccc6c6ccccc65)cc43)C2C=C1. The van der Waals surface area contributed by atoms with Crippen molar-refractivity contribution in [2.75, 3.05) is 4.90 Å². The maximum atomic E-state index is 2.61. The smallest absolute Gasteiger partial charge is 0.0728 e. The van der Waals surface area contributed by atoms with E-state index in [2.05, 4.69) is 286 Å². The molecule has 0 radical (unpaired) electrons. The molecule has 4 heteroatoms. The Morgan fingerprint density at radius 2 is 0.597 bits per heavy atom. The van der Waals surface area contributed by atoms with Crippen LogP contribution in [-0.4, -0.2) is 19.7 Å². The Bertz CT molecular complexity index is 4480. The van der Waals surface area contributed by atoms with Crippen LogP contribution in [0.5, 0.6) is 0 Å². The van der Waals surface area contributed by atoms with E-state index in [0.29, 0.717) is 0 Å². The van der Waals surface area contributed by atoms with E-state index in [-0.39, 0.29) is 12.0 Å². The third kappa shape index (κ3) is 5.31. The van der Waals surface area contributed by atoms with Crippen LogP contribution in [0.1, 0.15) is 33.7 Å². The zero-order valence-electron chi connectivity index (χ0n) is 41.8. The van der Waals surface area contributed by atoms with Gasteiger partial charge in [0.25, 0.3) is 0 Å². The number of hydrogen-bond acceptors (Lipinski definition) is 1. The predicted molar refractivity (Wildman–Crippen MR) is 319 cm³/mol. The van der Waals surface area contributed by atoms with Crippen molar-refractivity contribution >= 4 is 76.8 Å². The molecule has 3 aliphatic carbocycles. The first kappa shape index (κ1) is 41.5. The number of hydrogen-bond donors (Lipinski definition) is 0. The lowest BCUT2D eigenvalue weighted by Crippen LogP contribution is -2.30. The highest BCUT2D eigenvalue weighted by atomic mass is 15.2. The fourth-order valence-corrected chi connectivity index (χ4v) is 14.9. The molecule has 3 aromatic heterocycles. The Hall–Kier alpha value is -9.90. The highest BCUT2D eigenvalue weighted by molar-refractivity contribution is 6.12. The molecule has 2 unspecified atom stereocenters. The van der Waals surface area contributed by atoms with E-state index in [9.17, 15) is 0 Å². The van der Waals surface area contributed by atoms with Gasteiger partial charge in [-0.25, -0.2) is 0 Å². The lowest BCUT2D eigenvalue weighted by Gasteiger charge is -2.33. The fourth-order valence-electron chi connectivity index (χ4n) is 14.9. The lowest BCUT2D eigenvalue weighted by molar-refractivity contribution is 0.742. The molecular weight excluding hydrogens is 933 g/mol. The molecule has 358 valence electrons. The normalized spacial score (nSPS) is 16.3. The van der Waals surface area contributed by atoms with Gasteiger partial charge in [-0.05, 0) is 141 Å². The van der Waals surface area contributed by atoms with Crippen LogP contribution in [0.4, 0.5) is 11.4 Å². The number of nitrogens with zero attached hydrogens (tertiary/aromatic N) is 4. The number of benzene rings is 11. The van der Waals surface area contributed by atoms with Gasteiger partial charge in [-0.3, -0.25) is 0 Å². The molecule has 4 aliphatic rings. The quantitative estimate of drug-likeness (QED) is 0.172. The second kappa shape index (κ2) is 15.1. The molecule has 0 saturated carbocycles. The van der Waals surface area contributed by atoms with Crippen molar-refractivity contribution in [2.24, 2.45) is 0 Å². The van der Waals surface area contributed by atoms with E-state index in [1.54, 1.807) is 0 Å².